The molecule has 0 saturated heterocycles. The lowest BCUT2D eigenvalue weighted by molar-refractivity contribution is -0.118. The molecule has 2 aromatic heterocycles. The van der Waals surface area contributed by atoms with Crippen molar-refractivity contribution >= 4 is 32.6 Å². The number of hydrogen-bond donors (Lipinski definition) is 0. The Labute approximate surface area is 139 Å². The van der Waals surface area contributed by atoms with Crippen LogP contribution in [0.5, 0.6) is 0 Å². The van der Waals surface area contributed by atoms with Crippen molar-refractivity contribution in [3.8, 4) is 0 Å². The predicted molar refractivity (Wildman–Crippen MR) is 94.7 cm³/mol. The number of thiazole rings is 1. The molecule has 0 unspecified atom stereocenters. The van der Waals surface area contributed by atoms with Gasteiger partial charge in [-0.15, -0.1) is 0 Å². The summed E-state index contributed by atoms with van der Waals surface area (Å²) < 4.78 is 1.11. The zero-order valence-corrected chi connectivity index (χ0v) is 14.1. The Morgan fingerprint density at radius 3 is 2.78 bits per heavy atom. The summed E-state index contributed by atoms with van der Waals surface area (Å²) in [5.74, 6) is 0.0925. The minimum Gasteiger partial charge on any atom is -0.282 e. The van der Waals surface area contributed by atoms with Crippen molar-refractivity contribution in [2.75, 3.05) is 4.90 Å². The maximum Gasteiger partial charge on any atom is 0.229 e. The Hall–Kier alpha value is -2.27. The third kappa shape index (κ3) is 3.40. The Bertz CT molecular complexity index is 814. The van der Waals surface area contributed by atoms with E-state index in [1.165, 1.54) is 0 Å². The summed E-state index contributed by atoms with van der Waals surface area (Å²) in [4.78, 5) is 23.4. The molecule has 0 fully saturated rings. The first-order chi connectivity index (χ1) is 11.2. The van der Waals surface area contributed by atoms with E-state index in [0.717, 1.165) is 33.0 Å². The second kappa shape index (κ2) is 6.87. The van der Waals surface area contributed by atoms with Crippen molar-refractivity contribution in [3.05, 3.63) is 53.9 Å². The van der Waals surface area contributed by atoms with Crippen LogP contribution in [0.4, 0.5) is 5.13 Å². The predicted octanol–water partition coefficient (Wildman–Crippen LogP) is 4.33. The molecular formula is C18H19N3OS. The van der Waals surface area contributed by atoms with Gasteiger partial charge in [0.2, 0.25) is 5.91 Å². The summed E-state index contributed by atoms with van der Waals surface area (Å²) in [7, 11) is 0. The van der Waals surface area contributed by atoms with Crippen LogP contribution in [0, 0.1) is 6.92 Å². The molecule has 4 nitrogen and oxygen atoms in total. The molecule has 3 rings (SSSR count). The van der Waals surface area contributed by atoms with Gasteiger partial charge in [0.25, 0.3) is 0 Å². The number of para-hydroxylation sites is 1. The summed E-state index contributed by atoms with van der Waals surface area (Å²) in [6, 6.07) is 11.9. The zero-order valence-electron chi connectivity index (χ0n) is 13.3. The van der Waals surface area contributed by atoms with Gasteiger partial charge in [0.1, 0.15) is 0 Å². The van der Waals surface area contributed by atoms with Crippen LogP contribution in [0.2, 0.25) is 0 Å². The number of amides is 1. The van der Waals surface area contributed by atoms with Crippen LogP contribution >= 0.6 is 11.3 Å². The fourth-order valence-corrected chi connectivity index (χ4v) is 3.52. The van der Waals surface area contributed by atoms with Gasteiger partial charge in [0, 0.05) is 12.6 Å². The van der Waals surface area contributed by atoms with Crippen molar-refractivity contribution in [1.82, 2.24) is 9.97 Å². The SMILES string of the molecule is CCCC(=O)N(Cc1ccccn1)c1nc2c(C)cccc2s1. The van der Waals surface area contributed by atoms with E-state index in [4.69, 9.17) is 4.98 Å². The van der Waals surface area contributed by atoms with Crippen molar-refractivity contribution in [1.29, 1.82) is 0 Å². The van der Waals surface area contributed by atoms with Crippen LogP contribution < -0.4 is 4.90 Å². The quantitative estimate of drug-likeness (QED) is 0.701. The number of hydrogen-bond acceptors (Lipinski definition) is 4. The molecular weight excluding hydrogens is 306 g/mol. The minimum absolute atomic E-state index is 0.0925. The maximum absolute atomic E-state index is 12.6. The van der Waals surface area contributed by atoms with E-state index in [9.17, 15) is 4.79 Å². The lowest BCUT2D eigenvalue weighted by Crippen LogP contribution is -2.30. The van der Waals surface area contributed by atoms with E-state index < -0.39 is 0 Å². The van der Waals surface area contributed by atoms with Crippen LogP contribution in [0.1, 0.15) is 31.0 Å². The van der Waals surface area contributed by atoms with Gasteiger partial charge in [-0.3, -0.25) is 14.7 Å². The van der Waals surface area contributed by atoms with E-state index in [1.54, 1.807) is 22.4 Å². The summed E-state index contributed by atoms with van der Waals surface area (Å²) in [6.07, 6.45) is 3.09. The van der Waals surface area contributed by atoms with Crippen LogP contribution in [0.3, 0.4) is 0 Å². The number of carbonyl (C=O) groups excluding carboxylic acids is 1. The van der Waals surface area contributed by atoms with Gasteiger partial charge >= 0.3 is 0 Å². The molecule has 5 heteroatoms. The maximum atomic E-state index is 12.6. The Morgan fingerprint density at radius 2 is 2.09 bits per heavy atom. The highest BCUT2D eigenvalue weighted by Gasteiger charge is 2.20. The van der Waals surface area contributed by atoms with Crippen LogP contribution in [-0.2, 0) is 11.3 Å². The Kier molecular flexibility index (Phi) is 4.67. The molecule has 0 N–H and O–H groups in total. The molecule has 1 amide bonds. The van der Waals surface area contributed by atoms with E-state index >= 15 is 0 Å². The fourth-order valence-electron chi connectivity index (χ4n) is 2.45. The molecule has 0 bridgehead atoms. The molecule has 1 aromatic carbocycles. The molecule has 0 spiro atoms. The number of benzene rings is 1. The number of aromatic nitrogens is 2. The molecule has 0 radical (unpaired) electrons. The number of fused-ring (bicyclic) bond motifs is 1. The second-order valence-corrected chi connectivity index (χ2v) is 6.48. The number of nitrogens with zero attached hydrogens (tertiary/aromatic N) is 3. The van der Waals surface area contributed by atoms with Gasteiger partial charge < -0.3 is 0 Å². The largest absolute Gasteiger partial charge is 0.282 e. The summed E-state index contributed by atoms with van der Waals surface area (Å²) in [5, 5.41) is 0.749. The van der Waals surface area contributed by atoms with Gasteiger partial charge in [0.15, 0.2) is 5.13 Å². The average Bonchev–Trinajstić information content (AvgIpc) is 2.99. The monoisotopic (exact) mass is 325 g/mol. The van der Waals surface area contributed by atoms with Crippen molar-refractivity contribution < 1.29 is 4.79 Å². The van der Waals surface area contributed by atoms with Crippen molar-refractivity contribution in [3.63, 3.8) is 0 Å². The number of aryl methyl sites for hydroxylation is 1. The van der Waals surface area contributed by atoms with Gasteiger partial charge in [0.05, 0.1) is 22.5 Å². The smallest absolute Gasteiger partial charge is 0.229 e. The van der Waals surface area contributed by atoms with E-state index in [2.05, 4.69) is 4.98 Å². The average molecular weight is 325 g/mol. The number of anilines is 1. The molecule has 0 saturated carbocycles. The fraction of sp³-hybridized carbons (Fsp3) is 0.278. The third-order valence-electron chi connectivity index (χ3n) is 3.65. The van der Waals surface area contributed by atoms with Gasteiger partial charge in [-0.25, -0.2) is 4.98 Å². The highest BCUT2D eigenvalue weighted by molar-refractivity contribution is 7.22. The van der Waals surface area contributed by atoms with E-state index in [0.29, 0.717) is 13.0 Å². The highest BCUT2D eigenvalue weighted by atomic mass is 32.1. The van der Waals surface area contributed by atoms with Crippen molar-refractivity contribution in [2.24, 2.45) is 0 Å². The number of rotatable bonds is 5. The van der Waals surface area contributed by atoms with Gasteiger partial charge in [-0.2, -0.15) is 0 Å². The van der Waals surface area contributed by atoms with Gasteiger partial charge in [-0.1, -0.05) is 36.5 Å². The molecule has 0 aliphatic heterocycles. The molecule has 0 aliphatic carbocycles. The first-order valence-electron chi connectivity index (χ1n) is 7.75. The molecule has 23 heavy (non-hydrogen) atoms. The standard InChI is InChI=1S/C18H19N3OS/c1-3-7-16(22)21(12-14-9-4-5-11-19-14)18-20-17-13(2)8-6-10-15(17)23-18/h4-6,8-11H,3,7,12H2,1-2H3. The molecule has 0 aliphatic rings. The van der Waals surface area contributed by atoms with Crippen LogP contribution in [0.15, 0.2) is 42.6 Å². The van der Waals surface area contributed by atoms with E-state index in [1.807, 2.05) is 50.2 Å². The second-order valence-electron chi connectivity index (χ2n) is 5.47. The van der Waals surface area contributed by atoms with Crippen LogP contribution in [0.25, 0.3) is 10.2 Å². The minimum atomic E-state index is 0.0925. The lowest BCUT2D eigenvalue weighted by atomic mass is 10.2. The third-order valence-corrected chi connectivity index (χ3v) is 4.70. The highest BCUT2D eigenvalue weighted by Crippen LogP contribution is 2.31. The molecule has 0 atom stereocenters. The normalized spacial score (nSPS) is 10.9. The van der Waals surface area contributed by atoms with Gasteiger partial charge in [-0.05, 0) is 37.1 Å². The Balaban J connectivity index is 1.99. The summed E-state index contributed by atoms with van der Waals surface area (Å²) >= 11 is 1.56. The summed E-state index contributed by atoms with van der Waals surface area (Å²) in [5.41, 5.74) is 2.97. The molecule has 3 aromatic rings. The van der Waals surface area contributed by atoms with Crippen LogP contribution in [-0.4, -0.2) is 15.9 Å². The lowest BCUT2D eigenvalue weighted by Gasteiger charge is -2.19. The topological polar surface area (TPSA) is 46.1 Å². The number of carbonyl (C=O) groups is 1. The molecule has 118 valence electrons. The molecule has 2 heterocycles. The first-order valence-corrected chi connectivity index (χ1v) is 8.57. The first kappa shape index (κ1) is 15.6. The van der Waals surface area contributed by atoms with E-state index in [-0.39, 0.29) is 5.91 Å². The zero-order chi connectivity index (χ0) is 16.2. The number of pyridine rings is 1. The van der Waals surface area contributed by atoms with Crippen molar-refractivity contribution in [2.45, 2.75) is 33.2 Å². The Morgan fingerprint density at radius 1 is 1.22 bits per heavy atom. The summed E-state index contributed by atoms with van der Waals surface area (Å²) in [6.45, 7) is 4.51.